The fourth-order valence-electron chi connectivity index (χ4n) is 3.94. The summed E-state index contributed by atoms with van der Waals surface area (Å²) in [6.45, 7) is 5.28. The zero-order valence-corrected chi connectivity index (χ0v) is 18.3. The van der Waals surface area contributed by atoms with E-state index in [9.17, 15) is 14.4 Å². The summed E-state index contributed by atoms with van der Waals surface area (Å²) in [6, 6.07) is 12.7. The molecule has 0 atom stereocenters. The SMILES string of the molecule is CC(C)NC(=O)C1CCN(C(=O)Nc2cccc(Cn3nc4ccccn4c3=O)c2)CC1. The number of hydrogen-bond acceptors (Lipinski definition) is 4. The molecule has 4 rings (SSSR count). The van der Waals surface area contributed by atoms with Gasteiger partial charge < -0.3 is 15.5 Å². The average molecular weight is 437 g/mol. The third-order valence-electron chi connectivity index (χ3n) is 5.58. The van der Waals surface area contributed by atoms with Crippen LogP contribution in [0, 0.1) is 5.92 Å². The molecule has 3 heterocycles. The van der Waals surface area contributed by atoms with Crippen LogP contribution in [-0.4, -0.2) is 50.2 Å². The van der Waals surface area contributed by atoms with Crippen LogP contribution in [0.5, 0.6) is 0 Å². The van der Waals surface area contributed by atoms with Gasteiger partial charge in [-0.2, -0.15) is 0 Å². The van der Waals surface area contributed by atoms with Gasteiger partial charge in [-0.15, -0.1) is 5.10 Å². The van der Waals surface area contributed by atoms with Crippen LogP contribution in [0.4, 0.5) is 10.5 Å². The Labute approximate surface area is 186 Å². The van der Waals surface area contributed by atoms with Crippen LogP contribution in [-0.2, 0) is 11.3 Å². The fraction of sp³-hybridized carbons (Fsp3) is 0.391. The highest BCUT2D eigenvalue weighted by Crippen LogP contribution is 2.19. The van der Waals surface area contributed by atoms with E-state index in [4.69, 9.17) is 0 Å². The first-order chi connectivity index (χ1) is 15.4. The zero-order chi connectivity index (χ0) is 22.7. The molecule has 168 valence electrons. The number of amides is 3. The Morgan fingerprint density at radius 1 is 1.12 bits per heavy atom. The molecule has 1 aliphatic rings. The maximum Gasteiger partial charge on any atom is 0.350 e. The van der Waals surface area contributed by atoms with Crippen molar-refractivity contribution in [2.45, 2.75) is 39.3 Å². The Morgan fingerprint density at radius 2 is 1.91 bits per heavy atom. The molecule has 3 amide bonds. The smallest absolute Gasteiger partial charge is 0.350 e. The second-order valence-corrected chi connectivity index (χ2v) is 8.42. The van der Waals surface area contributed by atoms with Gasteiger partial charge in [-0.1, -0.05) is 18.2 Å². The number of pyridine rings is 1. The second-order valence-electron chi connectivity index (χ2n) is 8.42. The third kappa shape index (κ3) is 4.82. The summed E-state index contributed by atoms with van der Waals surface area (Å²) in [7, 11) is 0. The van der Waals surface area contributed by atoms with Gasteiger partial charge in [0.05, 0.1) is 6.54 Å². The summed E-state index contributed by atoms with van der Waals surface area (Å²) in [5.41, 5.74) is 1.90. The van der Waals surface area contributed by atoms with Crippen LogP contribution in [0.1, 0.15) is 32.3 Å². The van der Waals surface area contributed by atoms with Crippen molar-refractivity contribution in [3.8, 4) is 0 Å². The number of likely N-dealkylation sites (tertiary alicyclic amines) is 1. The zero-order valence-electron chi connectivity index (χ0n) is 18.3. The first-order valence-corrected chi connectivity index (χ1v) is 10.9. The Kier molecular flexibility index (Phi) is 6.25. The van der Waals surface area contributed by atoms with Gasteiger partial charge in [0.15, 0.2) is 5.65 Å². The van der Waals surface area contributed by atoms with Crippen LogP contribution >= 0.6 is 0 Å². The highest BCUT2D eigenvalue weighted by Gasteiger charge is 2.27. The van der Waals surface area contributed by atoms with Crippen LogP contribution < -0.4 is 16.3 Å². The number of fused-ring (bicyclic) bond motifs is 1. The fourth-order valence-corrected chi connectivity index (χ4v) is 3.94. The van der Waals surface area contributed by atoms with Crippen molar-refractivity contribution in [1.29, 1.82) is 0 Å². The van der Waals surface area contributed by atoms with E-state index >= 15 is 0 Å². The van der Waals surface area contributed by atoms with Gasteiger partial charge in [-0.3, -0.25) is 9.20 Å². The predicted molar refractivity (Wildman–Crippen MR) is 122 cm³/mol. The van der Waals surface area contributed by atoms with Gasteiger partial charge in [0, 0.05) is 36.9 Å². The minimum atomic E-state index is -0.209. The Hall–Kier alpha value is -3.62. The highest BCUT2D eigenvalue weighted by atomic mass is 16.2. The summed E-state index contributed by atoms with van der Waals surface area (Å²) < 4.78 is 2.90. The van der Waals surface area contributed by atoms with Crippen LogP contribution in [0.2, 0.25) is 0 Å². The molecule has 1 fully saturated rings. The molecule has 0 spiro atoms. The maximum absolute atomic E-state index is 12.7. The van der Waals surface area contributed by atoms with E-state index < -0.39 is 0 Å². The molecule has 0 radical (unpaired) electrons. The maximum atomic E-state index is 12.7. The molecule has 9 heteroatoms. The topological polar surface area (TPSA) is 101 Å². The summed E-state index contributed by atoms with van der Waals surface area (Å²) >= 11 is 0. The van der Waals surface area contributed by atoms with Crippen LogP contribution in [0.25, 0.3) is 5.65 Å². The molecule has 0 unspecified atom stereocenters. The van der Waals surface area contributed by atoms with Crippen LogP contribution in [0.3, 0.4) is 0 Å². The molecule has 0 aliphatic carbocycles. The summed E-state index contributed by atoms with van der Waals surface area (Å²) in [5, 5.41) is 10.2. The van der Waals surface area contributed by atoms with Crippen molar-refractivity contribution in [3.63, 3.8) is 0 Å². The van der Waals surface area contributed by atoms with Gasteiger partial charge in [0.25, 0.3) is 0 Å². The second kappa shape index (κ2) is 9.25. The van der Waals surface area contributed by atoms with E-state index in [0.717, 1.165) is 5.56 Å². The van der Waals surface area contributed by atoms with Crippen molar-refractivity contribution in [1.82, 2.24) is 24.4 Å². The molecule has 1 aromatic carbocycles. The number of urea groups is 1. The average Bonchev–Trinajstić information content (AvgIpc) is 3.09. The largest absolute Gasteiger partial charge is 0.354 e. The molecule has 9 nitrogen and oxygen atoms in total. The molecule has 0 bridgehead atoms. The van der Waals surface area contributed by atoms with Crippen molar-refractivity contribution < 1.29 is 9.59 Å². The highest BCUT2D eigenvalue weighted by molar-refractivity contribution is 5.89. The summed E-state index contributed by atoms with van der Waals surface area (Å²) in [4.78, 5) is 39.1. The monoisotopic (exact) mass is 436 g/mol. The number of rotatable bonds is 5. The number of nitrogens with zero attached hydrogens (tertiary/aromatic N) is 4. The van der Waals surface area contributed by atoms with Gasteiger partial charge in [-0.25, -0.2) is 14.3 Å². The van der Waals surface area contributed by atoms with E-state index in [1.807, 2.05) is 44.2 Å². The molecule has 1 saturated heterocycles. The lowest BCUT2D eigenvalue weighted by atomic mass is 9.96. The number of carbonyl (C=O) groups is 2. The normalized spacial score (nSPS) is 14.7. The molecule has 2 N–H and O–H groups in total. The minimum Gasteiger partial charge on any atom is -0.354 e. The number of carbonyl (C=O) groups excluding carboxylic acids is 2. The van der Waals surface area contributed by atoms with Gasteiger partial charge in [-0.05, 0) is 56.5 Å². The van der Waals surface area contributed by atoms with E-state index in [1.54, 1.807) is 23.2 Å². The molecular weight excluding hydrogens is 408 g/mol. The number of hydrogen-bond donors (Lipinski definition) is 2. The van der Waals surface area contributed by atoms with E-state index in [0.29, 0.717) is 43.8 Å². The van der Waals surface area contributed by atoms with Crippen molar-refractivity contribution in [2.75, 3.05) is 18.4 Å². The Morgan fingerprint density at radius 3 is 2.62 bits per heavy atom. The number of nitrogens with one attached hydrogen (secondary N) is 2. The Bertz CT molecular complexity index is 1170. The van der Waals surface area contributed by atoms with E-state index in [2.05, 4.69) is 15.7 Å². The van der Waals surface area contributed by atoms with E-state index in [-0.39, 0.29) is 29.6 Å². The molecule has 3 aromatic rings. The lowest BCUT2D eigenvalue weighted by Crippen LogP contribution is -2.45. The third-order valence-corrected chi connectivity index (χ3v) is 5.58. The van der Waals surface area contributed by atoms with Gasteiger partial charge in [0.2, 0.25) is 5.91 Å². The van der Waals surface area contributed by atoms with Gasteiger partial charge >= 0.3 is 11.7 Å². The Balaban J connectivity index is 1.37. The lowest BCUT2D eigenvalue weighted by Gasteiger charge is -2.31. The number of benzene rings is 1. The quantitative estimate of drug-likeness (QED) is 0.641. The van der Waals surface area contributed by atoms with E-state index in [1.165, 1.54) is 9.08 Å². The first kappa shape index (κ1) is 21.6. The summed E-state index contributed by atoms with van der Waals surface area (Å²) in [6.07, 6.45) is 3.00. The lowest BCUT2D eigenvalue weighted by molar-refractivity contribution is -0.126. The summed E-state index contributed by atoms with van der Waals surface area (Å²) in [5.74, 6) is 0.0171. The number of aromatic nitrogens is 3. The molecule has 1 aliphatic heterocycles. The van der Waals surface area contributed by atoms with Crippen LogP contribution in [0.15, 0.2) is 53.5 Å². The van der Waals surface area contributed by atoms with Crippen molar-refractivity contribution in [3.05, 3.63) is 64.7 Å². The van der Waals surface area contributed by atoms with Crippen molar-refractivity contribution >= 4 is 23.3 Å². The molecule has 2 aromatic heterocycles. The minimum absolute atomic E-state index is 0.0477. The molecular formula is C23H28N6O3. The number of anilines is 1. The molecule has 32 heavy (non-hydrogen) atoms. The number of piperidine rings is 1. The standard InChI is InChI=1S/C23H28N6O3/c1-16(2)24-21(30)18-9-12-27(13-10-18)22(31)25-19-7-5-6-17(14-19)15-29-23(32)28-11-4-3-8-20(28)26-29/h3-8,11,14,16,18H,9-10,12-13,15H2,1-2H3,(H,24,30)(H,25,31). The predicted octanol–water partition coefficient (Wildman–Crippen LogP) is 2.31. The van der Waals surface area contributed by atoms with Gasteiger partial charge in [0.1, 0.15) is 0 Å². The van der Waals surface area contributed by atoms with Crippen molar-refractivity contribution in [2.24, 2.45) is 5.92 Å². The molecule has 0 saturated carbocycles. The first-order valence-electron chi connectivity index (χ1n) is 10.9.